The number of rotatable bonds is 0. The van der Waals surface area contributed by atoms with E-state index in [1.807, 2.05) is 13.8 Å². The molecule has 4 aliphatic heterocycles. The fraction of sp³-hybridized carbons (Fsp3) is 1.00. The first kappa shape index (κ1) is 22.8. The van der Waals surface area contributed by atoms with Crippen LogP contribution in [0.25, 0.3) is 0 Å². The van der Waals surface area contributed by atoms with Gasteiger partial charge in [-0.2, -0.15) is 0 Å². The normalized spacial score (nSPS) is 29.8. The van der Waals surface area contributed by atoms with Crippen LogP contribution in [0, 0.1) is 5.92 Å². The van der Waals surface area contributed by atoms with Gasteiger partial charge < -0.3 is 28.4 Å². The average molecular weight is 363 g/mol. The van der Waals surface area contributed by atoms with Gasteiger partial charge in [-0.3, -0.25) is 0 Å². The number of hydrogen-bond acceptors (Lipinski definition) is 6. The van der Waals surface area contributed by atoms with Crippen molar-refractivity contribution in [2.24, 2.45) is 5.92 Å². The highest BCUT2D eigenvalue weighted by Crippen LogP contribution is 2.09. The molecule has 0 bridgehead atoms. The molecule has 0 saturated carbocycles. The van der Waals surface area contributed by atoms with Crippen LogP contribution in [0.15, 0.2) is 0 Å². The summed E-state index contributed by atoms with van der Waals surface area (Å²) in [7, 11) is 0. The lowest BCUT2D eigenvalue weighted by molar-refractivity contribution is -0.167. The standard InChI is InChI=1S/C5H10O2.2C5H10O.C4H8O2/c1-5-6-3-2-4-7-5;1-5-2-3-6-4-5;1-5-3-2-4-6-5;1-4-5-2-3-6-4/h5H,2-4H2,1H3;2*5H,2-4H2,1H3;4H,2-3H2,1H3. The topological polar surface area (TPSA) is 55.4 Å². The van der Waals surface area contributed by atoms with Crippen molar-refractivity contribution in [1.29, 1.82) is 0 Å². The molecule has 4 heterocycles. The quantitative estimate of drug-likeness (QED) is 0.658. The van der Waals surface area contributed by atoms with E-state index in [0.29, 0.717) is 6.10 Å². The second-order valence-electron chi connectivity index (χ2n) is 6.76. The molecular formula is C19H38O6. The Balaban J connectivity index is 0.000000167. The van der Waals surface area contributed by atoms with Gasteiger partial charge >= 0.3 is 0 Å². The molecule has 6 nitrogen and oxygen atoms in total. The highest BCUT2D eigenvalue weighted by atomic mass is 16.7. The van der Waals surface area contributed by atoms with E-state index in [1.165, 1.54) is 19.3 Å². The van der Waals surface area contributed by atoms with Gasteiger partial charge in [0.15, 0.2) is 12.6 Å². The largest absolute Gasteiger partial charge is 0.381 e. The molecular weight excluding hydrogens is 324 g/mol. The predicted octanol–water partition coefficient (Wildman–Crippen LogP) is 3.38. The third kappa shape index (κ3) is 13.6. The van der Waals surface area contributed by atoms with Crippen molar-refractivity contribution < 1.29 is 28.4 Å². The van der Waals surface area contributed by atoms with E-state index in [2.05, 4.69) is 13.8 Å². The van der Waals surface area contributed by atoms with Crippen molar-refractivity contribution in [3.05, 3.63) is 0 Å². The van der Waals surface area contributed by atoms with Crippen molar-refractivity contribution in [3.63, 3.8) is 0 Å². The van der Waals surface area contributed by atoms with Gasteiger partial charge in [-0.15, -0.1) is 0 Å². The first-order valence-corrected chi connectivity index (χ1v) is 9.73. The van der Waals surface area contributed by atoms with Crippen molar-refractivity contribution >= 4 is 0 Å². The summed E-state index contributed by atoms with van der Waals surface area (Å²) < 4.78 is 30.2. The fourth-order valence-corrected chi connectivity index (χ4v) is 2.47. The molecule has 4 saturated heterocycles. The molecule has 4 fully saturated rings. The molecule has 0 amide bonds. The summed E-state index contributed by atoms with van der Waals surface area (Å²) in [6.07, 6.45) is 5.47. The molecule has 4 rings (SSSR count). The van der Waals surface area contributed by atoms with E-state index >= 15 is 0 Å². The highest BCUT2D eigenvalue weighted by molar-refractivity contribution is 4.56. The predicted molar refractivity (Wildman–Crippen MR) is 96.6 cm³/mol. The number of hydrogen-bond donors (Lipinski definition) is 0. The van der Waals surface area contributed by atoms with Crippen molar-refractivity contribution in [2.45, 2.75) is 72.1 Å². The summed E-state index contributed by atoms with van der Waals surface area (Å²) in [6, 6.07) is 0. The monoisotopic (exact) mass is 362 g/mol. The summed E-state index contributed by atoms with van der Waals surface area (Å²) in [6.45, 7) is 14.4. The molecule has 6 heteroatoms. The molecule has 0 aromatic heterocycles. The van der Waals surface area contributed by atoms with E-state index in [9.17, 15) is 0 Å². The zero-order valence-corrected chi connectivity index (χ0v) is 16.5. The lowest BCUT2D eigenvalue weighted by Gasteiger charge is -2.18. The Morgan fingerprint density at radius 1 is 0.560 bits per heavy atom. The molecule has 0 aromatic carbocycles. The minimum atomic E-state index is 0.0359. The van der Waals surface area contributed by atoms with Crippen LogP contribution in [0.3, 0.4) is 0 Å². The second-order valence-corrected chi connectivity index (χ2v) is 6.76. The first-order valence-electron chi connectivity index (χ1n) is 9.73. The molecule has 0 aliphatic carbocycles. The fourth-order valence-electron chi connectivity index (χ4n) is 2.47. The molecule has 0 N–H and O–H groups in total. The van der Waals surface area contributed by atoms with Gasteiger partial charge in [0.05, 0.1) is 32.5 Å². The first-order chi connectivity index (χ1) is 12.1. The van der Waals surface area contributed by atoms with Crippen LogP contribution < -0.4 is 0 Å². The SMILES string of the molecule is CC1CCCO1.CC1CCOC1.CC1OCCCO1.CC1OCCO1. The van der Waals surface area contributed by atoms with Gasteiger partial charge in [0.1, 0.15) is 0 Å². The third-order valence-electron chi connectivity index (χ3n) is 4.10. The van der Waals surface area contributed by atoms with Crippen molar-refractivity contribution in [3.8, 4) is 0 Å². The molecule has 2 unspecified atom stereocenters. The lowest BCUT2D eigenvalue weighted by atomic mass is 10.2. The van der Waals surface area contributed by atoms with Crippen LogP contribution >= 0.6 is 0 Å². The maximum Gasteiger partial charge on any atom is 0.155 e. The van der Waals surface area contributed by atoms with Gasteiger partial charge in [-0.1, -0.05) is 6.92 Å². The third-order valence-corrected chi connectivity index (χ3v) is 4.10. The Morgan fingerprint density at radius 3 is 1.32 bits per heavy atom. The van der Waals surface area contributed by atoms with Crippen LogP contribution in [0.4, 0.5) is 0 Å². The Labute approximate surface area is 153 Å². The smallest absolute Gasteiger partial charge is 0.155 e. The Kier molecular flexibility index (Phi) is 13.6. The lowest BCUT2D eigenvalue weighted by Crippen LogP contribution is -2.21. The molecule has 2 atom stereocenters. The maximum absolute atomic E-state index is 5.15. The van der Waals surface area contributed by atoms with E-state index in [-0.39, 0.29) is 12.6 Å². The van der Waals surface area contributed by atoms with Crippen molar-refractivity contribution in [2.75, 3.05) is 46.2 Å². The molecule has 25 heavy (non-hydrogen) atoms. The van der Waals surface area contributed by atoms with Gasteiger partial charge in [-0.05, 0) is 52.4 Å². The Hall–Kier alpha value is -0.240. The molecule has 0 aromatic rings. The van der Waals surface area contributed by atoms with E-state index < -0.39 is 0 Å². The average Bonchev–Trinajstić information content (AvgIpc) is 3.36. The van der Waals surface area contributed by atoms with E-state index in [0.717, 1.165) is 58.6 Å². The minimum absolute atomic E-state index is 0.0359. The minimum Gasteiger partial charge on any atom is -0.381 e. The summed E-state index contributed by atoms with van der Waals surface area (Å²) in [4.78, 5) is 0. The highest BCUT2D eigenvalue weighted by Gasteiger charge is 2.08. The number of ether oxygens (including phenoxy) is 6. The zero-order chi connectivity index (χ0) is 18.3. The van der Waals surface area contributed by atoms with E-state index in [1.54, 1.807) is 0 Å². The summed E-state index contributed by atoms with van der Waals surface area (Å²) >= 11 is 0. The molecule has 0 spiro atoms. The van der Waals surface area contributed by atoms with Gasteiger partial charge in [0, 0.05) is 19.8 Å². The summed E-state index contributed by atoms with van der Waals surface area (Å²) in [5, 5.41) is 0. The van der Waals surface area contributed by atoms with Gasteiger partial charge in [0.25, 0.3) is 0 Å². The van der Waals surface area contributed by atoms with Gasteiger partial charge in [-0.25, -0.2) is 0 Å². The molecule has 150 valence electrons. The van der Waals surface area contributed by atoms with E-state index in [4.69, 9.17) is 28.4 Å². The summed E-state index contributed by atoms with van der Waals surface area (Å²) in [5.41, 5.74) is 0. The summed E-state index contributed by atoms with van der Waals surface area (Å²) in [5.74, 6) is 0.824. The van der Waals surface area contributed by atoms with Crippen LogP contribution in [-0.4, -0.2) is 64.9 Å². The zero-order valence-electron chi connectivity index (χ0n) is 16.5. The van der Waals surface area contributed by atoms with Crippen LogP contribution in [0.2, 0.25) is 0 Å². The molecule has 4 aliphatic rings. The Morgan fingerprint density at radius 2 is 1.12 bits per heavy atom. The van der Waals surface area contributed by atoms with Crippen LogP contribution in [0.1, 0.15) is 53.4 Å². The second kappa shape index (κ2) is 14.9. The van der Waals surface area contributed by atoms with Crippen LogP contribution in [0.5, 0.6) is 0 Å². The Bertz CT molecular complexity index is 244. The maximum atomic E-state index is 5.15. The van der Waals surface area contributed by atoms with Gasteiger partial charge in [0.2, 0.25) is 0 Å². The van der Waals surface area contributed by atoms with Crippen molar-refractivity contribution in [1.82, 2.24) is 0 Å². The van der Waals surface area contributed by atoms with Crippen LogP contribution in [-0.2, 0) is 28.4 Å². The molecule has 0 radical (unpaired) electrons.